The standard InChI is InChI=1S/C9H5NO5S/c11-5-1-2-6-4(8(5)10(14)15)3-7(16-6)9(12)13/h1-3,11H,(H,12,13). The third-order valence-corrected chi connectivity index (χ3v) is 3.13. The number of phenols is 1. The predicted molar refractivity (Wildman–Crippen MR) is 57.1 cm³/mol. The minimum absolute atomic E-state index is 0.00343. The van der Waals surface area contributed by atoms with Crippen molar-refractivity contribution in [3.63, 3.8) is 0 Å². The number of nitro benzene ring substituents is 1. The Morgan fingerprint density at radius 1 is 1.44 bits per heavy atom. The van der Waals surface area contributed by atoms with Crippen molar-refractivity contribution in [1.29, 1.82) is 0 Å². The van der Waals surface area contributed by atoms with Crippen LogP contribution >= 0.6 is 11.3 Å². The largest absolute Gasteiger partial charge is 0.502 e. The van der Waals surface area contributed by atoms with Gasteiger partial charge in [-0.25, -0.2) is 4.79 Å². The molecule has 0 radical (unpaired) electrons. The molecule has 0 atom stereocenters. The van der Waals surface area contributed by atoms with Crippen LogP contribution in [0.1, 0.15) is 9.67 Å². The molecule has 0 unspecified atom stereocenters. The Bertz CT molecular complexity index is 603. The second-order valence-electron chi connectivity index (χ2n) is 3.02. The number of carbonyl (C=O) groups is 1. The topological polar surface area (TPSA) is 101 Å². The number of aromatic carboxylic acids is 1. The third kappa shape index (κ3) is 1.47. The van der Waals surface area contributed by atoms with E-state index in [-0.39, 0.29) is 10.3 Å². The molecule has 0 saturated heterocycles. The molecule has 0 bridgehead atoms. The van der Waals surface area contributed by atoms with Crippen LogP contribution in [0.4, 0.5) is 5.69 Å². The molecule has 1 aromatic heterocycles. The lowest BCUT2D eigenvalue weighted by atomic mass is 10.2. The average Bonchev–Trinajstić information content (AvgIpc) is 2.60. The molecule has 2 rings (SSSR count). The van der Waals surface area contributed by atoms with E-state index >= 15 is 0 Å². The van der Waals surface area contributed by atoms with Gasteiger partial charge in [0.05, 0.1) is 10.3 Å². The molecule has 0 saturated carbocycles. The van der Waals surface area contributed by atoms with Crippen molar-refractivity contribution in [2.75, 3.05) is 0 Å². The second-order valence-corrected chi connectivity index (χ2v) is 4.10. The quantitative estimate of drug-likeness (QED) is 0.618. The monoisotopic (exact) mass is 239 g/mol. The summed E-state index contributed by atoms with van der Waals surface area (Å²) in [6, 6.07) is 3.83. The highest BCUT2D eigenvalue weighted by atomic mass is 32.1. The molecule has 7 heteroatoms. The summed E-state index contributed by atoms with van der Waals surface area (Å²) in [6.45, 7) is 0. The van der Waals surface area contributed by atoms with Crippen molar-refractivity contribution in [3.05, 3.63) is 33.2 Å². The van der Waals surface area contributed by atoms with Crippen molar-refractivity contribution in [1.82, 2.24) is 0 Å². The molecule has 0 aliphatic carbocycles. The number of benzene rings is 1. The Morgan fingerprint density at radius 3 is 2.69 bits per heavy atom. The summed E-state index contributed by atoms with van der Waals surface area (Å²) in [4.78, 5) is 20.7. The number of carboxylic acid groups (broad SMARTS) is 1. The Balaban J connectivity index is 2.82. The lowest BCUT2D eigenvalue weighted by molar-refractivity contribution is -0.384. The van der Waals surface area contributed by atoms with Crippen LogP contribution < -0.4 is 0 Å². The van der Waals surface area contributed by atoms with Crippen LogP contribution in [0.15, 0.2) is 18.2 Å². The van der Waals surface area contributed by atoms with Gasteiger partial charge in [-0.2, -0.15) is 0 Å². The number of aromatic hydroxyl groups is 1. The zero-order valence-electron chi connectivity index (χ0n) is 7.71. The Kier molecular flexibility index (Phi) is 2.24. The van der Waals surface area contributed by atoms with Crippen molar-refractivity contribution in [2.45, 2.75) is 0 Å². The van der Waals surface area contributed by atoms with Crippen molar-refractivity contribution in [2.24, 2.45) is 0 Å². The SMILES string of the molecule is O=C(O)c1cc2c([N+](=O)[O-])c(O)ccc2s1. The molecule has 1 heterocycles. The van der Waals surface area contributed by atoms with Gasteiger partial charge in [-0.05, 0) is 18.2 Å². The van der Waals surface area contributed by atoms with E-state index in [2.05, 4.69) is 0 Å². The Hall–Kier alpha value is -2.15. The van der Waals surface area contributed by atoms with E-state index in [1.807, 2.05) is 0 Å². The van der Waals surface area contributed by atoms with Gasteiger partial charge in [0, 0.05) is 4.70 Å². The number of nitrogens with zero attached hydrogens (tertiary/aromatic N) is 1. The first kappa shape index (κ1) is 10.4. The van der Waals surface area contributed by atoms with Gasteiger partial charge in [-0.15, -0.1) is 11.3 Å². The van der Waals surface area contributed by atoms with Crippen molar-refractivity contribution >= 4 is 33.1 Å². The maximum atomic E-state index is 10.7. The Labute approximate surface area is 92.5 Å². The van der Waals surface area contributed by atoms with Crippen molar-refractivity contribution in [3.8, 4) is 5.75 Å². The summed E-state index contributed by atoms with van der Waals surface area (Å²) in [7, 11) is 0. The number of hydrogen-bond donors (Lipinski definition) is 2. The first-order chi connectivity index (χ1) is 7.50. The maximum absolute atomic E-state index is 10.7. The molecule has 1 aromatic carbocycles. The molecule has 0 spiro atoms. The van der Waals surface area contributed by atoms with E-state index in [0.717, 1.165) is 11.3 Å². The molecule has 82 valence electrons. The van der Waals surface area contributed by atoms with Crippen LogP contribution in [0, 0.1) is 10.1 Å². The third-order valence-electron chi connectivity index (χ3n) is 2.04. The van der Waals surface area contributed by atoms with Gasteiger partial charge >= 0.3 is 11.7 Å². The number of fused-ring (bicyclic) bond motifs is 1. The number of hydrogen-bond acceptors (Lipinski definition) is 5. The van der Waals surface area contributed by atoms with Gasteiger partial charge in [0.25, 0.3) is 0 Å². The van der Waals surface area contributed by atoms with Crippen LogP contribution in [-0.4, -0.2) is 21.1 Å². The van der Waals surface area contributed by atoms with Crippen molar-refractivity contribution < 1.29 is 19.9 Å². The van der Waals surface area contributed by atoms with Gasteiger partial charge in [-0.3, -0.25) is 10.1 Å². The summed E-state index contributed by atoms with van der Waals surface area (Å²) in [5.41, 5.74) is -0.457. The molecule has 16 heavy (non-hydrogen) atoms. The summed E-state index contributed by atoms with van der Waals surface area (Å²) in [6.07, 6.45) is 0. The number of phenolic OH excluding ortho intramolecular Hbond substituents is 1. The molecule has 0 aliphatic rings. The zero-order valence-corrected chi connectivity index (χ0v) is 8.52. The van der Waals surface area contributed by atoms with Crippen LogP contribution in [0.25, 0.3) is 10.1 Å². The van der Waals surface area contributed by atoms with E-state index in [1.165, 1.54) is 18.2 Å². The fraction of sp³-hybridized carbons (Fsp3) is 0. The first-order valence-electron chi connectivity index (χ1n) is 4.14. The van der Waals surface area contributed by atoms with Gasteiger partial charge in [-0.1, -0.05) is 0 Å². The van der Waals surface area contributed by atoms with Crippen LogP contribution in [0.3, 0.4) is 0 Å². The second kappa shape index (κ2) is 3.46. The normalized spacial score (nSPS) is 10.5. The lowest BCUT2D eigenvalue weighted by Crippen LogP contribution is -1.90. The summed E-state index contributed by atoms with van der Waals surface area (Å²) in [5.74, 6) is -1.61. The van der Waals surface area contributed by atoms with Gasteiger partial charge in [0.1, 0.15) is 4.88 Å². The Morgan fingerprint density at radius 2 is 2.12 bits per heavy atom. The molecule has 0 fully saturated rings. The highest BCUT2D eigenvalue weighted by molar-refractivity contribution is 7.20. The minimum Gasteiger partial charge on any atom is -0.502 e. The first-order valence-corrected chi connectivity index (χ1v) is 4.95. The van der Waals surface area contributed by atoms with E-state index in [0.29, 0.717) is 4.70 Å². The van der Waals surface area contributed by atoms with E-state index in [9.17, 15) is 20.0 Å². The number of nitro groups is 1. The van der Waals surface area contributed by atoms with Gasteiger partial charge in [0.15, 0.2) is 5.75 Å². The number of carboxylic acids is 1. The molecular formula is C9H5NO5S. The average molecular weight is 239 g/mol. The fourth-order valence-electron chi connectivity index (χ4n) is 1.38. The number of rotatable bonds is 2. The molecule has 0 amide bonds. The van der Waals surface area contributed by atoms with Crippen LogP contribution in [0.5, 0.6) is 5.75 Å². The van der Waals surface area contributed by atoms with Gasteiger partial charge in [0.2, 0.25) is 0 Å². The van der Waals surface area contributed by atoms with E-state index < -0.39 is 22.3 Å². The number of thiophene rings is 1. The van der Waals surface area contributed by atoms with E-state index in [4.69, 9.17) is 5.11 Å². The molecule has 6 nitrogen and oxygen atoms in total. The highest BCUT2D eigenvalue weighted by Gasteiger charge is 2.21. The highest BCUT2D eigenvalue weighted by Crippen LogP contribution is 2.38. The molecular weight excluding hydrogens is 234 g/mol. The maximum Gasteiger partial charge on any atom is 0.345 e. The molecule has 0 aliphatic heterocycles. The summed E-state index contributed by atoms with van der Waals surface area (Å²) < 4.78 is 0.460. The summed E-state index contributed by atoms with van der Waals surface area (Å²) >= 11 is 0.931. The van der Waals surface area contributed by atoms with Crippen LogP contribution in [0.2, 0.25) is 0 Å². The minimum atomic E-state index is -1.14. The fourth-order valence-corrected chi connectivity index (χ4v) is 2.29. The smallest absolute Gasteiger partial charge is 0.345 e. The van der Waals surface area contributed by atoms with E-state index in [1.54, 1.807) is 0 Å². The molecule has 2 N–H and O–H groups in total. The van der Waals surface area contributed by atoms with Crippen LogP contribution in [-0.2, 0) is 0 Å². The van der Waals surface area contributed by atoms with Gasteiger partial charge < -0.3 is 10.2 Å². The zero-order chi connectivity index (χ0) is 11.9. The summed E-state index contributed by atoms with van der Waals surface area (Å²) in [5, 5.41) is 29.0. The lowest BCUT2D eigenvalue weighted by Gasteiger charge is -1.95. The predicted octanol–water partition coefficient (Wildman–Crippen LogP) is 2.21. The molecule has 2 aromatic rings.